The first-order chi connectivity index (χ1) is 5.00. The second-order valence-corrected chi connectivity index (χ2v) is 4.13. The molecule has 0 aromatic carbocycles. The number of allylic oxidation sites excluding steroid dienone is 4. The summed E-state index contributed by atoms with van der Waals surface area (Å²) < 4.78 is 25.2. The molecule has 0 N–H and O–H groups in total. The Balaban J connectivity index is 2.80. The van der Waals surface area contributed by atoms with Crippen molar-refractivity contribution in [1.82, 2.24) is 0 Å². The lowest BCUT2D eigenvalue weighted by molar-refractivity contribution is 0.150. The normalized spacial score (nSPS) is 25.1. The van der Waals surface area contributed by atoms with E-state index in [1.54, 1.807) is 12.2 Å². The Kier molecular flexibility index (Phi) is 2.78. The summed E-state index contributed by atoms with van der Waals surface area (Å²) in [4.78, 5) is 0. The van der Waals surface area contributed by atoms with Crippen molar-refractivity contribution < 1.29 is 8.78 Å². The van der Waals surface area contributed by atoms with Gasteiger partial charge in [0, 0.05) is 5.57 Å². The molecule has 3 unspecified atom stereocenters. The van der Waals surface area contributed by atoms with Gasteiger partial charge in [-0.25, -0.2) is 0 Å². The van der Waals surface area contributed by atoms with Gasteiger partial charge < -0.3 is 0 Å². The van der Waals surface area contributed by atoms with Crippen LogP contribution in [-0.2, 0) is 0 Å². The van der Waals surface area contributed by atoms with E-state index < -0.39 is 5.66 Å². The molecule has 1 rings (SSSR count). The van der Waals surface area contributed by atoms with Gasteiger partial charge in [-0.1, -0.05) is 27.5 Å². The van der Waals surface area contributed by atoms with E-state index in [9.17, 15) is 8.78 Å². The molecule has 0 heterocycles. The van der Waals surface area contributed by atoms with Gasteiger partial charge in [-0.2, -0.15) is 8.78 Å². The molecule has 0 nitrogen and oxygen atoms in total. The zero-order chi connectivity index (χ0) is 8.48. The quantitative estimate of drug-likeness (QED) is 0.563. The van der Waals surface area contributed by atoms with Crippen LogP contribution in [0.4, 0.5) is 8.78 Å². The number of alkyl halides is 2. The fraction of sp³-hybridized carbons (Fsp3) is 0.429. The van der Waals surface area contributed by atoms with Crippen molar-refractivity contribution >= 4 is 18.5 Å². The molecule has 0 radical (unpaired) electrons. The zero-order valence-corrected chi connectivity index (χ0v) is 8.24. The molecular formula is C7H10F2P2. The highest BCUT2D eigenvalue weighted by Gasteiger charge is 2.26. The molecule has 0 aromatic heterocycles. The molecule has 62 valence electrons. The number of rotatable bonds is 1. The van der Waals surface area contributed by atoms with Crippen molar-refractivity contribution in [3.8, 4) is 0 Å². The molecule has 0 fully saturated rings. The molecule has 0 aromatic rings. The maximum Gasteiger partial charge on any atom is 0.283 e. The van der Waals surface area contributed by atoms with Gasteiger partial charge >= 0.3 is 0 Å². The largest absolute Gasteiger partial charge is 0.283 e. The highest BCUT2D eigenvalue weighted by Crippen LogP contribution is 2.35. The minimum absolute atomic E-state index is 0.0914. The Labute approximate surface area is 69.5 Å². The lowest BCUT2D eigenvalue weighted by atomic mass is 10.1. The van der Waals surface area contributed by atoms with Gasteiger partial charge in [0.25, 0.3) is 5.66 Å². The summed E-state index contributed by atoms with van der Waals surface area (Å²) in [5.41, 5.74) is -2.53. The average Bonchev–Trinajstić information content (AvgIpc) is 1.86. The van der Waals surface area contributed by atoms with Crippen LogP contribution in [0.1, 0.15) is 6.42 Å². The van der Waals surface area contributed by atoms with Gasteiger partial charge in [0.1, 0.15) is 0 Å². The summed E-state index contributed by atoms with van der Waals surface area (Å²) in [5, 5.41) is 0. The molecule has 0 spiro atoms. The molecule has 11 heavy (non-hydrogen) atoms. The Morgan fingerprint density at radius 1 is 1.55 bits per heavy atom. The summed E-state index contributed by atoms with van der Waals surface area (Å²) in [6, 6.07) is 0. The first-order valence-electron chi connectivity index (χ1n) is 3.31. The zero-order valence-electron chi connectivity index (χ0n) is 5.93. The summed E-state index contributed by atoms with van der Waals surface area (Å²) in [6.07, 6.45) is 5.66. The van der Waals surface area contributed by atoms with E-state index in [1.807, 2.05) is 0 Å². The van der Waals surface area contributed by atoms with Crippen LogP contribution in [0.2, 0.25) is 0 Å². The standard InChI is InChI=1S/C7H10F2P2/c8-7(9,11)5-2-1-3-6(10)4-5/h1-2,4,6H,3,10-11H2. The number of halogens is 2. The maximum absolute atomic E-state index is 12.6. The molecule has 0 aliphatic heterocycles. The second-order valence-electron chi connectivity index (χ2n) is 2.55. The van der Waals surface area contributed by atoms with E-state index >= 15 is 0 Å². The van der Waals surface area contributed by atoms with Crippen LogP contribution in [0, 0.1) is 0 Å². The van der Waals surface area contributed by atoms with Gasteiger partial charge in [0.2, 0.25) is 0 Å². The summed E-state index contributed by atoms with van der Waals surface area (Å²) >= 11 is 0. The molecule has 0 saturated heterocycles. The van der Waals surface area contributed by atoms with E-state index in [0.29, 0.717) is 0 Å². The van der Waals surface area contributed by atoms with Gasteiger partial charge in [0.15, 0.2) is 0 Å². The van der Waals surface area contributed by atoms with Crippen molar-refractivity contribution in [2.24, 2.45) is 0 Å². The predicted molar refractivity (Wildman–Crippen MR) is 50.0 cm³/mol. The SMILES string of the molecule is FC(F)(P)C1=CC(P)CC=C1. The van der Waals surface area contributed by atoms with E-state index in [1.165, 1.54) is 15.3 Å². The lowest BCUT2D eigenvalue weighted by Gasteiger charge is -2.17. The molecule has 0 amide bonds. The molecule has 0 bridgehead atoms. The first kappa shape index (κ1) is 9.29. The van der Waals surface area contributed by atoms with E-state index in [0.717, 1.165) is 6.42 Å². The third-order valence-corrected chi connectivity index (χ3v) is 2.28. The van der Waals surface area contributed by atoms with Crippen LogP contribution in [0.5, 0.6) is 0 Å². The highest BCUT2D eigenvalue weighted by molar-refractivity contribution is 7.19. The van der Waals surface area contributed by atoms with E-state index in [2.05, 4.69) is 9.24 Å². The van der Waals surface area contributed by atoms with Gasteiger partial charge in [-0.3, -0.25) is 0 Å². The summed E-state index contributed by atoms with van der Waals surface area (Å²) in [7, 11) is 4.05. The minimum Gasteiger partial charge on any atom is -0.197 e. The third-order valence-electron chi connectivity index (χ3n) is 1.48. The Bertz CT molecular complexity index is 203. The predicted octanol–water partition coefficient (Wildman–Crippen LogP) is 2.58. The summed E-state index contributed by atoms with van der Waals surface area (Å²) in [6.45, 7) is 0. The van der Waals surface area contributed by atoms with Gasteiger partial charge in [0.05, 0.1) is 0 Å². The topological polar surface area (TPSA) is 0 Å². The molecule has 4 heteroatoms. The lowest BCUT2D eigenvalue weighted by Crippen LogP contribution is -2.11. The Hall–Kier alpha value is 0.200. The van der Waals surface area contributed by atoms with Crippen LogP contribution in [-0.4, -0.2) is 11.3 Å². The molecule has 1 aliphatic rings. The molecule has 0 saturated carbocycles. The van der Waals surface area contributed by atoms with Crippen LogP contribution in [0.3, 0.4) is 0 Å². The maximum atomic E-state index is 12.6. The minimum atomic E-state index is -2.77. The fourth-order valence-corrected chi connectivity index (χ4v) is 1.49. The van der Waals surface area contributed by atoms with Gasteiger partial charge in [-0.15, -0.1) is 9.24 Å². The van der Waals surface area contributed by atoms with Crippen molar-refractivity contribution in [3.63, 3.8) is 0 Å². The van der Waals surface area contributed by atoms with Crippen LogP contribution in [0.15, 0.2) is 23.8 Å². The van der Waals surface area contributed by atoms with Crippen LogP contribution >= 0.6 is 18.5 Å². The van der Waals surface area contributed by atoms with Gasteiger partial charge in [-0.05, 0) is 12.1 Å². The monoisotopic (exact) mass is 194 g/mol. The molecule has 3 atom stereocenters. The van der Waals surface area contributed by atoms with Crippen LogP contribution in [0.25, 0.3) is 0 Å². The third kappa shape index (κ3) is 2.61. The van der Waals surface area contributed by atoms with E-state index in [-0.39, 0.29) is 11.2 Å². The second kappa shape index (κ2) is 3.29. The van der Waals surface area contributed by atoms with Crippen molar-refractivity contribution in [3.05, 3.63) is 23.8 Å². The number of hydrogen-bond acceptors (Lipinski definition) is 0. The fourth-order valence-electron chi connectivity index (χ4n) is 0.929. The molecule has 1 aliphatic carbocycles. The van der Waals surface area contributed by atoms with E-state index in [4.69, 9.17) is 0 Å². The highest BCUT2D eigenvalue weighted by atomic mass is 31.0. The first-order valence-corrected chi connectivity index (χ1v) is 4.55. The van der Waals surface area contributed by atoms with Crippen molar-refractivity contribution in [2.45, 2.75) is 17.7 Å². The molecular weight excluding hydrogens is 184 g/mol. The Morgan fingerprint density at radius 3 is 2.55 bits per heavy atom. The number of hydrogen-bond donors (Lipinski definition) is 0. The smallest absolute Gasteiger partial charge is 0.197 e. The average molecular weight is 194 g/mol. The van der Waals surface area contributed by atoms with Crippen molar-refractivity contribution in [1.29, 1.82) is 0 Å². The van der Waals surface area contributed by atoms with Crippen molar-refractivity contribution in [2.75, 3.05) is 0 Å². The summed E-state index contributed by atoms with van der Waals surface area (Å²) in [5.74, 6) is 0. The van der Waals surface area contributed by atoms with Crippen LogP contribution < -0.4 is 0 Å². The Morgan fingerprint density at radius 2 is 2.18 bits per heavy atom.